The number of hydrogen-bond acceptors (Lipinski definition) is 3. The molecule has 4 rings (SSSR count). The lowest BCUT2D eigenvalue weighted by molar-refractivity contribution is 0.0188. The maximum atomic E-state index is 14.8. The van der Waals surface area contributed by atoms with Crippen molar-refractivity contribution in [3.8, 4) is 16.9 Å². The molecule has 1 aliphatic carbocycles. The molecule has 0 amide bonds. The van der Waals surface area contributed by atoms with E-state index in [9.17, 15) is 22.4 Å². The Hall–Kier alpha value is -3.35. The lowest BCUT2D eigenvalue weighted by Gasteiger charge is -2.29. The van der Waals surface area contributed by atoms with E-state index in [1.807, 2.05) is 19.1 Å². The van der Waals surface area contributed by atoms with E-state index in [0.717, 1.165) is 12.0 Å². The maximum absolute atomic E-state index is 14.8. The summed E-state index contributed by atoms with van der Waals surface area (Å²) >= 11 is 0. The van der Waals surface area contributed by atoms with Gasteiger partial charge < -0.3 is 9.47 Å². The third-order valence-corrected chi connectivity index (χ3v) is 6.66. The fraction of sp³-hybridized carbons (Fsp3) is 0.321. The summed E-state index contributed by atoms with van der Waals surface area (Å²) in [6.45, 7) is 2.00. The van der Waals surface area contributed by atoms with Crippen LogP contribution in [0.5, 0.6) is 5.75 Å². The predicted molar refractivity (Wildman–Crippen MR) is 124 cm³/mol. The largest absolute Gasteiger partial charge is 0.494 e. The number of benzene rings is 3. The van der Waals surface area contributed by atoms with Crippen LogP contribution in [0.4, 0.5) is 17.6 Å². The fourth-order valence-electron chi connectivity index (χ4n) is 4.58. The normalized spacial score (nSPS) is 17.8. The van der Waals surface area contributed by atoms with E-state index >= 15 is 0 Å². The molecule has 0 N–H and O–H groups in total. The molecule has 1 aliphatic rings. The van der Waals surface area contributed by atoms with Gasteiger partial charge in [-0.05, 0) is 66.8 Å². The zero-order valence-electron chi connectivity index (χ0n) is 19.5. The molecule has 184 valence electrons. The Morgan fingerprint density at radius 1 is 0.829 bits per heavy atom. The van der Waals surface area contributed by atoms with Crippen LogP contribution in [0, 0.1) is 23.3 Å². The second-order valence-corrected chi connectivity index (χ2v) is 8.70. The molecule has 3 aromatic carbocycles. The molecule has 1 fully saturated rings. The number of rotatable bonds is 6. The minimum atomic E-state index is -1.25. The smallest absolute Gasteiger partial charge is 0.341 e. The molecule has 3 nitrogen and oxygen atoms in total. The average molecular weight is 487 g/mol. The Labute approximate surface area is 201 Å². The number of halogens is 4. The number of carbonyl (C=O) groups excluding carboxylic acids is 1. The molecule has 0 unspecified atom stereocenters. The number of carbonyl (C=O) groups is 1. The van der Waals surface area contributed by atoms with Crippen LogP contribution in [-0.2, 0) is 11.2 Å². The number of esters is 1. The quantitative estimate of drug-likeness (QED) is 0.270. The van der Waals surface area contributed by atoms with E-state index in [2.05, 4.69) is 0 Å². The van der Waals surface area contributed by atoms with Gasteiger partial charge in [-0.25, -0.2) is 18.0 Å². The summed E-state index contributed by atoms with van der Waals surface area (Å²) in [6.07, 6.45) is 2.03. The second-order valence-electron chi connectivity index (χ2n) is 8.70. The van der Waals surface area contributed by atoms with Gasteiger partial charge in [0.1, 0.15) is 6.10 Å². The first kappa shape index (κ1) is 24.8. The highest BCUT2D eigenvalue weighted by Gasteiger charge is 2.30. The van der Waals surface area contributed by atoms with E-state index in [1.165, 1.54) is 31.4 Å². The van der Waals surface area contributed by atoms with Crippen molar-refractivity contribution >= 4 is 5.97 Å². The number of methoxy groups -OCH3 is 1. The third kappa shape index (κ3) is 5.04. The van der Waals surface area contributed by atoms with Crippen molar-refractivity contribution in [3.63, 3.8) is 0 Å². The van der Waals surface area contributed by atoms with Crippen LogP contribution in [0.1, 0.15) is 60.0 Å². The summed E-state index contributed by atoms with van der Waals surface area (Å²) in [4.78, 5) is 12.6. The van der Waals surface area contributed by atoms with Crippen molar-refractivity contribution < 1.29 is 31.8 Å². The monoisotopic (exact) mass is 486 g/mol. The summed E-state index contributed by atoms with van der Waals surface area (Å²) < 4.78 is 68.2. The minimum absolute atomic E-state index is 0.0657. The minimum Gasteiger partial charge on any atom is -0.494 e. The maximum Gasteiger partial charge on any atom is 0.341 e. The Bertz CT molecular complexity index is 1220. The molecule has 0 spiro atoms. The first-order valence-electron chi connectivity index (χ1n) is 11.6. The molecular weight excluding hydrogens is 460 g/mol. The van der Waals surface area contributed by atoms with Gasteiger partial charge in [0.25, 0.3) is 0 Å². The van der Waals surface area contributed by atoms with E-state index in [1.54, 1.807) is 12.1 Å². The van der Waals surface area contributed by atoms with Crippen LogP contribution in [0.25, 0.3) is 11.1 Å². The Balaban J connectivity index is 1.42. The van der Waals surface area contributed by atoms with Crippen molar-refractivity contribution in [1.82, 2.24) is 0 Å². The highest BCUT2D eigenvalue weighted by Crippen LogP contribution is 2.38. The summed E-state index contributed by atoms with van der Waals surface area (Å²) in [5, 5.41) is 0. The first-order chi connectivity index (χ1) is 16.8. The Morgan fingerprint density at radius 3 is 2.14 bits per heavy atom. The molecule has 0 atom stereocenters. The van der Waals surface area contributed by atoms with E-state index in [0.29, 0.717) is 31.2 Å². The number of hydrogen-bond donors (Lipinski definition) is 0. The van der Waals surface area contributed by atoms with Crippen molar-refractivity contribution in [2.45, 2.75) is 51.0 Å². The average Bonchev–Trinajstić information content (AvgIpc) is 2.88. The molecule has 1 saturated carbocycles. The fourth-order valence-corrected chi connectivity index (χ4v) is 4.58. The van der Waals surface area contributed by atoms with Crippen LogP contribution in [0.3, 0.4) is 0 Å². The van der Waals surface area contributed by atoms with Gasteiger partial charge in [-0.2, -0.15) is 4.39 Å². The summed E-state index contributed by atoms with van der Waals surface area (Å²) in [5.41, 5.74) is 1.44. The van der Waals surface area contributed by atoms with Gasteiger partial charge in [0.05, 0.1) is 12.7 Å². The molecule has 3 aromatic rings. The molecule has 0 aromatic heterocycles. The molecule has 0 saturated heterocycles. The lowest BCUT2D eigenvalue weighted by Crippen LogP contribution is -2.25. The summed E-state index contributed by atoms with van der Waals surface area (Å²) in [5.74, 6) is -5.67. The van der Waals surface area contributed by atoms with Gasteiger partial charge in [-0.15, -0.1) is 0 Å². The van der Waals surface area contributed by atoms with Crippen LogP contribution in [-0.4, -0.2) is 19.2 Å². The van der Waals surface area contributed by atoms with Crippen molar-refractivity contribution in [2.24, 2.45) is 0 Å². The first-order valence-corrected chi connectivity index (χ1v) is 11.6. The number of aryl methyl sites for hydroxylation is 1. The molecule has 0 radical (unpaired) electrons. The van der Waals surface area contributed by atoms with Gasteiger partial charge >= 0.3 is 5.97 Å². The van der Waals surface area contributed by atoms with Crippen LogP contribution in [0.15, 0.2) is 48.5 Å². The summed E-state index contributed by atoms with van der Waals surface area (Å²) in [6, 6.07) is 12.6. The molecule has 0 aliphatic heterocycles. The van der Waals surface area contributed by atoms with Gasteiger partial charge in [-0.1, -0.05) is 43.3 Å². The Morgan fingerprint density at radius 2 is 1.51 bits per heavy atom. The SMILES string of the molecule is CCc1ccc(-c2ccc(C(=O)OC3CCC(c4ccc(OC)c(F)c4F)CC3)c(F)c2F)cc1. The zero-order valence-corrected chi connectivity index (χ0v) is 19.5. The second kappa shape index (κ2) is 10.5. The van der Waals surface area contributed by atoms with Gasteiger partial charge in [0.15, 0.2) is 23.2 Å². The summed E-state index contributed by atoms with van der Waals surface area (Å²) in [7, 11) is 1.27. The van der Waals surface area contributed by atoms with Crippen LogP contribution in [0.2, 0.25) is 0 Å². The zero-order chi connectivity index (χ0) is 25.1. The highest BCUT2D eigenvalue weighted by molar-refractivity contribution is 5.90. The van der Waals surface area contributed by atoms with Gasteiger partial charge in [0, 0.05) is 5.56 Å². The van der Waals surface area contributed by atoms with E-state index < -0.39 is 40.9 Å². The van der Waals surface area contributed by atoms with Gasteiger partial charge in [-0.3, -0.25) is 0 Å². The molecule has 35 heavy (non-hydrogen) atoms. The molecule has 7 heteroatoms. The third-order valence-electron chi connectivity index (χ3n) is 6.66. The van der Waals surface area contributed by atoms with E-state index in [4.69, 9.17) is 9.47 Å². The standard InChI is InChI=1S/C28H26F4O3/c1-3-16-4-6-17(7-5-16)20-12-13-22(26(31)24(20)29)28(33)35-19-10-8-18(9-11-19)21-14-15-23(34-2)27(32)25(21)30/h4-7,12-15,18-19H,3,8-11H2,1-2H3. The molecule has 0 heterocycles. The van der Waals surface area contributed by atoms with Crippen LogP contribution < -0.4 is 4.74 Å². The number of ether oxygens (including phenoxy) is 2. The lowest BCUT2D eigenvalue weighted by atomic mass is 9.82. The highest BCUT2D eigenvalue weighted by atomic mass is 19.2. The Kier molecular flexibility index (Phi) is 7.43. The molecule has 0 bridgehead atoms. The topological polar surface area (TPSA) is 35.5 Å². The predicted octanol–water partition coefficient (Wildman–Crippen LogP) is 7.36. The molecular formula is C28H26F4O3. The van der Waals surface area contributed by atoms with Crippen LogP contribution >= 0.6 is 0 Å². The van der Waals surface area contributed by atoms with E-state index in [-0.39, 0.29) is 22.8 Å². The van der Waals surface area contributed by atoms with Gasteiger partial charge in [0.2, 0.25) is 5.82 Å². The van der Waals surface area contributed by atoms with Crippen molar-refractivity contribution in [3.05, 3.63) is 88.5 Å². The van der Waals surface area contributed by atoms with Crippen molar-refractivity contribution in [1.29, 1.82) is 0 Å². The van der Waals surface area contributed by atoms with Crippen molar-refractivity contribution in [2.75, 3.05) is 7.11 Å².